The topological polar surface area (TPSA) is 82.2 Å². The summed E-state index contributed by atoms with van der Waals surface area (Å²) in [5, 5.41) is 7.12. The molecule has 0 unspecified atom stereocenters. The highest BCUT2D eigenvalue weighted by atomic mass is 16.5. The maximum absolute atomic E-state index is 12.3. The normalized spacial score (nSPS) is 17.1. The van der Waals surface area contributed by atoms with Crippen molar-refractivity contribution in [1.82, 2.24) is 9.78 Å². The molecule has 1 aromatic carbocycles. The smallest absolute Gasteiger partial charge is 0.244 e. The van der Waals surface area contributed by atoms with E-state index >= 15 is 0 Å². The molecule has 0 atom stereocenters. The fourth-order valence-electron chi connectivity index (χ4n) is 2.50. The molecule has 6 nitrogen and oxygen atoms in total. The maximum atomic E-state index is 12.3. The molecule has 2 heterocycles. The first kappa shape index (κ1) is 14.7. The van der Waals surface area contributed by atoms with E-state index in [1.807, 2.05) is 36.5 Å². The standard InChI is InChI=1S/C16H20N4O2/c17-16(6-8-22-9-7-16)15(21)19-14-10-18-20(12-14)11-13-4-2-1-3-5-13/h1-5,10,12H,6-9,11,17H2,(H,19,21). The van der Waals surface area contributed by atoms with Crippen molar-refractivity contribution in [1.29, 1.82) is 0 Å². The predicted octanol–water partition coefficient (Wildman–Crippen LogP) is 1.38. The number of amides is 1. The van der Waals surface area contributed by atoms with Crippen LogP contribution in [0.4, 0.5) is 5.69 Å². The van der Waals surface area contributed by atoms with Crippen molar-refractivity contribution < 1.29 is 9.53 Å². The number of ether oxygens (including phenoxy) is 1. The van der Waals surface area contributed by atoms with Crippen LogP contribution < -0.4 is 11.1 Å². The summed E-state index contributed by atoms with van der Waals surface area (Å²) in [5.74, 6) is -0.171. The Bertz CT molecular complexity index is 633. The molecule has 6 heteroatoms. The zero-order valence-electron chi connectivity index (χ0n) is 12.4. The van der Waals surface area contributed by atoms with Gasteiger partial charge in [0.2, 0.25) is 5.91 Å². The van der Waals surface area contributed by atoms with Gasteiger partial charge in [0, 0.05) is 19.4 Å². The molecule has 0 radical (unpaired) electrons. The van der Waals surface area contributed by atoms with Crippen molar-refractivity contribution in [2.45, 2.75) is 24.9 Å². The van der Waals surface area contributed by atoms with E-state index in [4.69, 9.17) is 10.5 Å². The van der Waals surface area contributed by atoms with Gasteiger partial charge < -0.3 is 15.8 Å². The summed E-state index contributed by atoms with van der Waals surface area (Å²) < 4.78 is 7.05. The second kappa shape index (κ2) is 6.29. The Morgan fingerprint density at radius 2 is 2.05 bits per heavy atom. The van der Waals surface area contributed by atoms with Crippen LogP contribution in [-0.2, 0) is 16.1 Å². The van der Waals surface area contributed by atoms with Gasteiger partial charge >= 0.3 is 0 Å². The Hall–Kier alpha value is -2.18. The van der Waals surface area contributed by atoms with Crippen LogP contribution in [0.5, 0.6) is 0 Å². The monoisotopic (exact) mass is 300 g/mol. The molecule has 3 rings (SSSR count). The fourth-order valence-corrected chi connectivity index (χ4v) is 2.50. The average molecular weight is 300 g/mol. The predicted molar refractivity (Wildman–Crippen MR) is 83.4 cm³/mol. The lowest BCUT2D eigenvalue weighted by atomic mass is 9.90. The van der Waals surface area contributed by atoms with E-state index in [1.165, 1.54) is 0 Å². The molecule has 0 aliphatic carbocycles. The number of hydrogen-bond acceptors (Lipinski definition) is 4. The number of hydrogen-bond donors (Lipinski definition) is 2. The summed E-state index contributed by atoms with van der Waals surface area (Å²) >= 11 is 0. The summed E-state index contributed by atoms with van der Waals surface area (Å²) in [4.78, 5) is 12.3. The molecule has 3 N–H and O–H groups in total. The van der Waals surface area contributed by atoms with Crippen LogP contribution in [0.1, 0.15) is 18.4 Å². The van der Waals surface area contributed by atoms with Crippen LogP contribution >= 0.6 is 0 Å². The quantitative estimate of drug-likeness (QED) is 0.893. The maximum Gasteiger partial charge on any atom is 0.244 e. The van der Waals surface area contributed by atoms with E-state index in [-0.39, 0.29) is 5.91 Å². The van der Waals surface area contributed by atoms with Gasteiger partial charge in [0.05, 0.1) is 18.4 Å². The van der Waals surface area contributed by atoms with E-state index in [0.29, 0.717) is 38.3 Å². The first-order chi connectivity index (χ1) is 10.7. The molecular weight excluding hydrogens is 280 g/mol. The van der Waals surface area contributed by atoms with Gasteiger partial charge in [-0.2, -0.15) is 5.10 Å². The van der Waals surface area contributed by atoms with Crippen LogP contribution in [-0.4, -0.2) is 34.4 Å². The Labute approximate surface area is 129 Å². The minimum Gasteiger partial charge on any atom is -0.381 e. The molecule has 0 spiro atoms. The molecule has 1 fully saturated rings. The van der Waals surface area contributed by atoms with E-state index in [0.717, 1.165) is 5.56 Å². The number of carbonyl (C=O) groups excluding carboxylic acids is 1. The van der Waals surface area contributed by atoms with Crippen LogP contribution in [0.2, 0.25) is 0 Å². The summed E-state index contributed by atoms with van der Waals surface area (Å²) in [6.07, 6.45) is 4.53. The summed E-state index contributed by atoms with van der Waals surface area (Å²) in [6.45, 7) is 1.71. The van der Waals surface area contributed by atoms with E-state index < -0.39 is 5.54 Å². The Morgan fingerprint density at radius 1 is 1.32 bits per heavy atom. The highest BCUT2D eigenvalue weighted by Crippen LogP contribution is 2.20. The number of nitrogens with one attached hydrogen (secondary N) is 1. The van der Waals surface area contributed by atoms with Gasteiger partial charge in [-0.15, -0.1) is 0 Å². The minimum absolute atomic E-state index is 0.171. The zero-order valence-corrected chi connectivity index (χ0v) is 12.4. The number of carbonyl (C=O) groups is 1. The molecular formula is C16H20N4O2. The lowest BCUT2D eigenvalue weighted by Crippen LogP contribution is -2.54. The number of benzene rings is 1. The largest absolute Gasteiger partial charge is 0.381 e. The second-order valence-electron chi connectivity index (χ2n) is 5.63. The fraction of sp³-hybridized carbons (Fsp3) is 0.375. The molecule has 0 saturated carbocycles. The molecule has 1 amide bonds. The van der Waals surface area contributed by atoms with Crippen LogP contribution in [0.15, 0.2) is 42.7 Å². The van der Waals surface area contributed by atoms with E-state index in [2.05, 4.69) is 10.4 Å². The number of anilines is 1. The first-order valence-corrected chi connectivity index (χ1v) is 7.40. The summed E-state index contributed by atoms with van der Waals surface area (Å²) in [7, 11) is 0. The van der Waals surface area contributed by atoms with Gasteiger partial charge in [0.1, 0.15) is 5.54 Å². The number of aromatic nitrogens is 2. The van der Waals surface area contributed by atoms with E-state index in [9.17, 15) is 4.79 Å². The van der Waals surface area contributed by atoms with Gasteiger partial charge in [-0.1, -0.05) is 30.3 Å². The molecule has 116 valence electrons. The summed E-state index contributed by atoms with van der Waals surface area (Å²) in [5.41, 5.74) is 7.13. The molecule has 1 aliphatic heterocycles. The van der Waals surface area contributed by atoms with Crippen LogP contribution in [0, 0.1) is 0 Å². The van der Waals surface area contributed by atoms with Crippen molar-refractivity contribution >= 4 is 11.6 Å². The third-order valence-corrected chi connectivity index (χ3v) is 3.92. The lowest BCUT2D eigenvalue weighted by molar-refractivity contribution is -0.124. The number of nitrogens with zero attached hydrogens (tertiary/aromatic N) is 2. The molecule has 22 heavy (non-hydrogen) atoms. The Kier molecular flexibility index (Phi) is 4.22. The van der Waals surface area contributed by atoms with E-state index in [1.54, 1.807) is 10.9 Å². The summed E-state index contributed by atoms with van der Waals surface area (Å²) in [6, 6.07) is 10.0. The van der Waals surface area contributed by atoms with Crippen molar-refractivity contribution in [3.63, 3.8) is 0 Å². The third kappa shape index (κ3) is 3.35. The Morgan fingerprint density at radius 3 is 2.77 bits per heavy atom. The average Bonchev–Trinajstić information content (AvgIpc) is 2.96. The molecule has 2 aromatic rings. The zero-order chi connectivity index (χ0) is 15.4. The number of nitrogens with two attached hydrogens (primary N) is 1. The SMILES string of the molecule is NC1(C(=O)Nc2cnn(Cc3ccccc3)c2)CCOCC1. The number of rotatable bonds is 4. The van der Waals surface area contributed by atoms with Gasteiger partial charge in [0.25, 0.3) is 0 Å². The highest BCUT2D eigenvalue weighted by Gasteiger charge is 2.36. The van der Waals surface area contributed by atoms with Gasteiger partial charge in [0.15, 0.2) is 0 Å². The van der Waals surface area contributed by atoms with Crippen molar-refractivity contribution in [3.05, 3.63) is 48.3 Å². The van der Waals surface area contributed by atoms with Gasteiger partial charge in [-0.25, -0.2) is 0 Å². The first-order valence-electron chi connectivity index (χ1n) is 7.40. The highest BCUT2D eigenvalue weighted by molar-refractivity contribution is 5.97. The van der Waals surface area contributed by atoms with Crippen molar-refractivity contribution in [2.75, 3.05) is 18.5 Å². The minimum atomic E-state index is -0.847. The lowest BCUT2D eigenvalue weighted by Gasteiger charge is -2.31. The van der Waals surface area contributed by atoms with Crippen LogP contribution in [0.3, 0.4) is 0 Å². The Balaban J connectivity index is 1.63. The van der Waals surface area contributed by atoms with Gasteiger partial charge in [-0.3, -0.25) is 9.48 Å². The van der Waals surface area contributed by atoms with Gasteiger partial charge in [-0.05, 0) is 18.4 Å². The third-order valence-electron chi connectivity index (χ3n) is 3.92. The molecule has 1 saturated heterocycles. The van der Waals surface area contributed by atoms with Crippen molar-refractivity contribution in [2.24, 2.45) is 5.73 Å². The molecule has 1 aliphatic rings. The molecule has 1 aromatic heterocycles. The molecule has 0 bridgehead atoms. The van der Waals surface area contributed by atoms with Crippen molar-refractivity contribution in [3.8, 4) is 0 Å². The second-order valence-corrected chi connectivity index (χ2v) is 5.63. The van der Waals surface area contributed by atoms with Crippen LogP contribution in [0.25, 0.3) is 0 Å².